The lowest BCUT2D eigenvalue weighted by atomic mass is 10.5. The van der Waals surface area contributed by atoms with E-state index in [9.17, 15) is 8.42 Å². The molecule has 0 atom stereocenters. The molecule has 2 N–H and O–H groups in total. The van der Waals surface area contributed by atoms with Crippen LogP contribution < -0.4 is 5.73 Å². The Morgan fingerprint density at radius 1 is 1.53 bits per heavy atom. The van der Waals surface area contributed by atoms with Gasteiger partial charge in [0.05, 0.1) is 12.3 Å². The summed E-state index contributed by atoms with van der Waals surface area (Å²) in [4.78, 5) is 0. The molecule has 0 radical (unpaired) electrons. The maximum absolute atomic E-state index is 11.5. The molecule has 1 aromatic heterocycles. The molecule has 1 aromatic rings. The van der Waals surface area contributed by atoms with Crippen LogP contribution in [0.15, 0.2) is 6.07 Å². The largest absolute Gasteiger partial charge is 0.382 e. The summed E-state index contributed by atoms with van der Waals surface area (Å²) in [5.74, 6) is 0.442. The van der Waals surface area contributed by atoms with E-state index in [-0.39, 0.29) is 5.75 Å². The van der Waals surface area contributed by atoms with E-state index in [0.29, 0.717) is 12.4 Å². The summed E-state index contributed by atoms with van der Waals surface area (Å²) in [7, 11) is -0.145. The molecule has 0 aliphatic rings. The second-order valence-corrected chi connectivity index (χ2v) is 5.83. The Morgan fingerprint density at radius 2 is 2.13 bits per heavy atom. The first-order chi connectivity index (χ1) is 6.83. The smallest absolute Gasteiger partial charge is 0.215 e. The van der Waals surface area contributed by atoms with Gasteiger partial charge in [0.1, 0.15) is 5.82 Å². The van der Waals surface area contributed by atoms with E-state index < -0.39 is 10.0 Å². The van der Waals surface area contributed by atoms with Crippen molar-refractivity contribution < 1.29 is 8.42 Å². The number of sulfonamides is 1. The maximum atomic E-state index is 11.5. The van der Waals surface area contributed by atoms with E-state index in [1.165, 1.54) is 18.4 Å². The van der Waals surface area contributed by atoms with E-state index in [0.717, 1.165) is 5.69 Å². The first-order valence-corrected chi connectivity index (χ1v) is 6.14. The van der Waals surface area contributed by atoms with Crippen molar-refractivity contribution in [2.75, 3.05) is 25.6 Å². The molecule has 0 fully saturated rings. The van der Waals surface area contributed by atoms with Gasteiger partial charge in [-0.2, -0.15) is 5.10 Å². The predicted molar refractivity (Wildman–Crippen MR) is 58.9 cm³/mol. The van der Waals surface area contributed by atoms with Gasteiger partial charge in [0.15, 0.2) is 0 Å². The van der Waals surface area contributed by atoms with E-state index in [4.69, 9.17) is 5.73 Å². The monoisotopic (exact) mass is 232 g/mol. The molecule has 0 bridgehead atoms. The highest BCUT2D eigenvalue weighted by Gasteiger charge is 2.14. The molecule has 0 saturated heterocycles. The Balaban J connectivity index is 2.70. The van der Waals surface area contributed by atoms with Crippen LogP contribution in [0.5, 0.6) is 0 Å². The third kappa shape index (κ3) is 2.93. The lowest BCUT2D eigenvalue weighted by Crippen LogP contribution is -2.27. The number of nitrogens with two attached hydrogens (primary N) is 1. The third-order valence-corrected chi connectivity index (χ3v) is 3.93. The van der Waals surface area contributed by atoms with Crippen LogP contribution in [0.3, 0.4) is 0 Å². The highest BCUT2D eigenvalue weighted by atomic mass is 32.2. The van der Waals surface area contributed by atoms with Gasteiger partial charge in [-0.15, -0.1) is 0 Å². The maximum Gasteiger partial charge on any atom is 0.215 e. The second kappa shape index (κ2) is 4.19. The van der Waals surface area contributed by atoms with E-state index >= 15 is 0 Å². The van der Waals surface area contributed by atoms with Crippen molar-refractivity contribution in [3.63, 3.8) is 0 Å². The van der Waals surface area contributed by atoms with Gasteiger partial charge in [-0.25, -0.2) is 12.7 Å². The molecule has 6 nitrogen and oxygen atoms in total. The first kappa shape index (κ1) is 12.0. The fourth-order valence-electron chi connectivity index (χ4n) is 1.15. The molecule has 7 heteroatoms. The molecule has 0 unspecified atom stereocenters. The SMILES string of the molecule is Cc1cc(N)nn1CCS(=O)(=O)N(C)C. The number of nitrogens with zero attached hydrogens (tertiary/aromatic N) is 3. The summed E-state index contributed by atoms with van der Waals surface area (Å²) in [6.45, 7) is 2.16. The van der Waals surface area contributed by atoms with Gasteiger partial charge in [-0.3, -0.25) is 4.68 Å². The van der Waals surface area contributed by atoms with Crippen LogP contribution >= 0.6 is 0 Å². The Labute approximate surface area is 89.7 Å². The molecule has 0 aromatic carbocycles. The van der Waals surface area contributed by atoms with Crippen LogP contribution in [-0.2, 0) is 16.6 Å². The van der Waals surface area contributed by atoms with Crippen molar-refractivity contribution in [2.45, 2.75) is 13.5 Å². The Kier molecular flexibility index (Phi) is 3.35. The molecule has 15 heavy (non-hydrogen) atoms. The minimum atomic E-state index is -3.17. The molecule has 0 saturated carbocycles. The van der Waals surface area contributed by atoms with Crippen LogP contribution in [0.25, 0.3) is 0 Å². The zero-order valence-electron chi connectivity index (χ0n) is 9.14. The molecule has 0 spiro atoms. The fourth-order valence-corrected chi connectivity index (χ4v) is 1.92. The highest BCUT2D eigenvalue weighted by Crippen LogP contribution is 2.05. The summed E-state index contributed by atoms with van der Waals surface area (Å²) in [5.41, 5.74) is 6.35. The molecule has 1 heterocycles. The molecule has 0 amide bonds. The number of aryl methyl sites for hydroxylation is 2. The van der Waals surface area contributed by atoms with Crippen molar-refractivity contribution in [3.05, 3.63) is 11.8 Å². The lowest BCUT2D eigenvalue weighted by molar-refractivity contribution is 0.510. The zero-order valence-corrected chi connectivity index (χ0v) is 9.95. The zero-order chi connectivity index (χ0) is 11.6. The summed E-state index contributed by atoms with van der Waals surface area (Å²) in [6.07, 6.45) is 0. The standard InChI is InChI=1S/C8H16N4O2S/c1-7-6-8(9)10-12(7)4-5-15(13,14)11(2)3/h6H,4-5H2,1-3H3,(H2,9,10). The van der Waals surface area contributed by atoms with Crippen molar-refractivity contribution >= 4 is 15.8 Å². The van der Waals surface area contributed by atoms with Crippen molar-refractivity contribution in [2.24, 2.45) is 0 Å². The van der Waals surface area contributed by atoms with Gasteiger partial charge < -0.3 is 5.73 Å². The van der Waals surface area contributed by atoms with Crippen LogP contribution in [0.2, 0.25) is 0 Å². The average Bonchev–Trinajstić information content (AvgIpc) is 2.41. The predicted octanol–water partition coefficient (Wildman–Crippen LogP) is -0.335. The fraction of sp³-hybridized carbons (Fsp3) is 0.625. The first-order valence-electron chi connectivity index (χ1n) is 4.53. The summed E-state index contributed by atoms with van der Waals surface area (Å²) in [5, 5.41) is 3.98. The number of hydrogen-bond acceptors (Lipinski definition) is 4. The molecule has 1 rings (SSSR count). The van der Waals surface area contributed by atoms with Gasteiger partial charge in [0.25, 0.3) is 0 Å². The van der Waals surface area contributed by atoms with Crippen molar-refractivity contribution in [3.8, 4) is 0 Å². The quantitative estimate of drug-likeness (QED) is 0.770. The Morgan fingerprint density at radius 3 is 2.53 bits per heavy atom. The summed E-state index contributed by atoms with van der Waals surface area (Å²) < 4.78 is 25.7. The lowest BCUT2D eigenvalue weighted by Gasteiger charge is -2.11. The number of anilines is 1. The van der Waals surface area contributed by atoms with Crippen LogP contribution in [0.1, 0.15) is 5.69 Å². The van der Waals surface area contributed by atoms with Gasteiger partial charge in [0.2, 0.25) is 10.0 Å². The minimum Gasteiger partial charge on any atom is -0.382 e. The third-order valence-electron chi connectivity index (χ3n) is 2.12. The number of aromatic nitrogens is 2. The van der Waals surface area contributed by atoms with E-state index in [2.05, 4.69) is 5.10 Å². The minimum absolute atomic E-state index is 0.0297. The average molecular weight is 232 g/mol. The summed E-state index contributed by atoms with van der Waals surface area (Å²) in [6, 6.07) is 1.71. The topological polar surface area (TPSA) is 81.2 Å². The van der Waals surface area contributed by atoms with Gasteiger partial charge in [0, 0.05) is 25.9 Å². The number of hydrogen-bond donors (Lipinski definition) is 1. The number of nitrogen functional groups attached to an aromatic ring is 1. The highest BCUT2D eigenvalue weighted by molar-refractivity contribution is 7.89. The second-order valence-electron chi connectivity index (χ2n) is 3.53. The Hall–Kier alpha value is -1.08. The van der Waals surface area contributed by atoms with Gasteiger partial charge in [-0.1, -0.05) is 0 Å². The van der Waals surface area contributed by atoms with Gasteiger partial charge >= 0.3 is 0 Å². The molecule has 0 aliphatic carbocycles. The van der Waals surface area contributed by atoms with Crippen LogP contribution in [0.4, 0.5) is 5.82 Å². The van der Waals surface area contributed by atoms with Crippen LogP contribution in [0, 0.1) is 6.92 Å². The van der Waals surface area contributed by atoms with Crippen LogP contribution in [-0.4, -0.2) is 42.4 Å². The Bertz CT molecular complexity index is 435. The van der Waals surface area contributed by atoms with E-state index in [1.54, 1.807) is 10.7 Å². The molecular weight excluding hydrogens is 216 g/mol. The van der Waals surface area contributed by atoms with Gasteiger partial charge in [-0.05, 0) is 6.92 Å². The molecule has 0 aliphatic heterocycles. The normalized spacial score (nSPS) is 12.3. The number of rotatable bonds is 4. The summed E-state index contributed by atoms with van der Waals surface area (Å²) >= 11 is 0. The van der Waals surface area contributed by atoms with Crippen molar-refractivity contribution in [1.82, 2.24) is 14.1 Å². The van der Waals surface area contributed by atoms with E-state index in [1.807, 2.05) is 6.92 Å². The molecular formula is C8H16N4O2S. The van der Waals surface area contributed by atoms with Crippen molar-refractivity contribution in [1.29, 1.82) is 0 Å². The molecule has 86 valence electrons.